The van der Waals surface area contributed by atoms with Gasteiger partial charge in [0.2, 0.25) is 0 Å². The van der Waals surface area contributed by atoms with E-state index < -0.39 is 18.3 Å². The number of benzene rings is 5. The largest absolute Gasteiger partial charge is 0.496 e. The molecule has 1 aliphatic heterocycles. The molecule has 0 bridgehead atoms. The van der Waals surface area contributed by atoms with Crippen LogP contribution < -0.4 is 10.4 Å². The van der Waals surface area contributed by atoms with Crippen LogP contribution in [0.25, 0.3) is 21.5 Å². The molecule has 0 N–H and O–H groups in total. The predicted molar refractivity (Wildman–Crippen MR) is 152 cm³/mol. The molecule has 0 radical (unpaired) electrons. The zero-order valence-electron chi connectivity index (χ0n) is 21.2. The Kier molecular flexibility index (Phi) is 5.40. The molecule has 1 aliphatic rings. The van der Waals surface area contributed by atoms with Gasteiger partial charge < -0.3 is 14.2 Å². The summed E-state index contributed by atoms with van der Waals surface area (Å²) in [6.07, 6.45) is 0. The number of anilines is 3. The van der Waals surface area contributed by atoms with Crippen molar-refractivity contribution in [3.63, 3.8) is 0 Å². The first-order valence-electron chi connectivity index (χ1n) is 12.6. The van der Waals surface area contributed by atoms with Gasteiger partial charge in [-0.3, -0.25) is 0 Å². The highest BCUT2D eigenvalue weighted by Gasteiger charge is 2.52. The summed E-state index contributed by atoms with van der Waals surface area (Å²) in [4.78, 5) is 2.36. The summed E-state index contributed by atoms with van der Waals surface area (Å²) >= 11 is 0. The first-order valence-corrected chi connectivity index (χ1v) is 12.6. The van der Waals surface area contributed by atoms with Gasteiger partial charge in [0.25, 0.3) is 0 Å². The Morgan fingerprint density at radius 2 is 0.861 bits per heavy atom. The SMILES string of the molecule is CC1(C)OB(c2c3ccccc3c(N(c3ccccc3)c3ccccc3)c3ccccc23)OC1(C)C. The molecule has 0 aromatic heterocycles. The second-order valence-electron chi connectivity index (χ2n) is 10.4. The van der Waals surface area contributed by atoms with Crippen LogP contribution >= 0.6 is 0 Å². The summed E-state index contributed by atoms with van der Waals surface area (Å²) in [5, 5.41) is 4.60. The molecule has 4 heteroatoms. The van der Waals surface area contributed by atoms with E-state index >= 15 is 0 Å². The van der Waals surface area contributed by atoms with Crippen LogP contribution in [0.15, 0.2) is 109 Å². The van der Waals surface area contributed by atoms with Gasteiger partial charge in [0, 0.05) is 22.1 Å². The van der Waals surface area contributed by atoms with Crippen LogP contribution in [-0.4, -0.2) is 18.3 Å². The van der Waals surface area contributed by atoms with Crippen molar-refractivity contribution >= 4 is 51.2 Å². The number of hydrogen-bond acceptors (Lipinski definition) is 3. The minimum Gasteiger partial charge on any atom is -0.399 e. The molecule has 3 nitrogen and oxygen atoms in total. The maximum absolute atomic E-state index is 6.60. The number of para-hydroxylation sites is 2. The molecule has 0 amide bonds. The van der Waals surface area contributed by atoms with Crippen LogP contribution in [0.2, 0.25) is 0 Å². The van der Waals surface area contributed by atoms with E-state index in [4.69, 9.17) is 9.31 Å². The number of hydrogen-bond donors (Lipinski definition) is 0. The number of rotatable bonds is 4. The average Bonchev–Trinajstić information content (AvgIpc) is 3.11. The lowest BCUT2D eigenvalue weighted by molar-refractivity contribution is 0.00578. The lowest BCUT2D eigenvalue weighted by Gasteiger charge is -2.32. The van der Waals surface area contributed by atoms with Crippen molar-refractivity contribution in [2.24, 2.45) is 0 Å². The van der Waals surface area contributed by atoms with Crippen molar-refractivity contribution < 1.29 is 9.31 Å². The van der Waals surface area contributed by atoms with Crippen molar-refractivity contribution in [3.05, 3.63) is 109 Å². The van der Waals surface area contributed by atoms with Gasteiger partial charge in [0.15, 0.2) is 0 Å². The molecule has 36 heavy (non-hydrogen) atoms. The summed E-state index contributed by atoms with van der Waals surface area (Å²) < 4.78 is 13.2. The van der Waals surface area contributed by atoms with Crippen molar-refractivity contribution in [3.8, 4) is 0 Å². The fourth-order valence-electron chi connectivity index (χ4n) is 5.16. The van der Waals surface area contributed by atoms with Gasteiger partial charge >= 0.3 is 7.12 Å². The average molecular weight is 471 g/mol. The van der Waals surface area contributed by atoms with Crippen molar-refractivity contribution in [2.45, 2.75) is 38.9 Å². The maximum Gasteiger partial charge on any atom is 0.496 e. The summed E-state index contributed by atoms with van der Waals surface area (Å²) in [5.74, 6) is 0. The van der Waals surface area contributed by atoms with Crippen molar-refractivity contribution in [1.29, 1.82) is 0 Å². The molecular weight excluding hydrogens is 441 g/mol. The highest BCUT2D eigenvalue weighted by Crippen LogP contribution is 2.44. The van der Waals surface area contributed by atoms with Gasteiger partial charge in [-0.2, -0.15) is 0 Å². The zero-order valence-corrected chi connectivity index (χ0v) is 21.2. The molecule has 0 atom stereocenters. The molecule has 0 spiro atoms. The third-order valence-corrected chi connectivity index (χ3v) is 7.69. The van der Waals surface area contributed by atoms with Crippen molar-refractivity contribution in [1.82, 2.24) is 0 Å². The Balaban J connectivity index is 1.70. The van der Waals surface area contributed by atoms with Gasteiger partial charge in [-0.1, -0.05) is 84.9 Å². The summed E-state index contributed by atoms with van der Waals surface area (Å²) in [5.41, 5.74) is 3.63. The van der Waals surface area contributed by atoms with E-state index in [9.17, 15) is 0 Å². The summed E-state index contributed by atoms with van der Waals surface area (Å²) in [7, 11) is -0.458. The topological polar surface area (TPSA) is 21.7 Å². The Morgan fingerprint density at radius 3 is 1.28 bits per heavy atom. The Morgan fingerprint density at radius 1 is 0.500 bits per heavy atom. The highest BCUT2D eigenvalue weighted by atomic mass is 16.7. The molecule has 1 fully saturated rings. The molecule has 0 saturated carbocycles. The first kappa shape index (κ1) is 22.8. The minimum atomic E-state index is -0.458. The van der Waals surface area contributed by atoms with E-state index in [0.717, 1.165) is 44.1 Å². The van der Waals surface area contributed by atoms with Gasteiger partial charge in [0.1, 0.15) is 0 Å². The fourth-order valence-corrected chi connectivity index (χ4v) is 5.16. The quantitative estimate of drug-likeness (QED) is 0.198. The maximum atomic E-state index is 6.60. The zero-order chi connectivity index (χ0) is 24.9. The second kappa shape index (κ2) is 8.51. The van der Waals surface area contributed by atoms with E-state index in [0.29, 0.717) is 0 Å². The van der Waals surface area contributed by atoms with Gasteiger partial charge in [-0.25, -0.2) is 0 Å². The van der Waals surface area contributed by atoms with E-state index in [1.54, 1.807) is 0 Å². The predicted octanol–water partition coefficient (Wildman–Crippen LogP) is 7.76. The van der Waals surface area contributed by atoms with E-state index in [2.05, 4.69) is 142 Å². The Labute approximate surface area is 213 Å². The third-order valence-electron chi connectivity index (χ3n) is 7.69. The molecule has 5 aromatic rings. The van der Waals surface area contributed by atoms with Gasteiger partial charge in [0.05, 0.1) is 16.9 Å². The van der Waals surface area contributed by atoms with E-state index in [1.807, 2.05) is 0 Å². The van der Waals surface area contributed by atoms with Crippen LogP contribution in [0.3, 0.4) is 0 Å². The van der Waals surface area contributed by atoms with E-state index in [1.165, 1.54) is 0 Å². The molecule has 0 unspecified atom stereocenters. The van der Waals surface area contributed by atoms with Crippen LogP contribution in [0.1, 0.15) is 27.7 Å². The third kappa shape index (κ3) is 3.60. The van der Waals surface area contributed by atoms with Crippen LogP contribution in [-0.2, 0) is 9.31 Å². The standard InChI is InChI=1S/C32H30BNO2/c1-31(2)32(3,4)36-33(35-31)29-25-19-11-13-21-27(25)30(28-22-14-12-20-26(28)29)34(23-15-7-5-8-16-23)24-17-9-6-10-18-24/h5-22H,1-4H3. The van der Waals surface area contributed by atoms with Crippen LogP contribution in [0, 0.1) is 0 Å². The molecule has 1 saturated heterocycles. The lowest BCUT2D eigenvalue weighted by atomic mass is 9.72. The molecule has 6 rings (SSSR count). The van der Waals surface area contributed by atoms with Crippen LogP contribution in [0.4, 0.5) is 17.1 Å². The monoisotopic (exact) mass is 471 g/mol. The first-order chi connectivity index (χ1) is 17.4. The Hall–Kier alpha value is -3.60. The normalized spacial score (nSPS) is 16.5. The molecule has 1 heterocycles. The van der Waals surface area contributed by atoms with Gasteiger partial charge in [-0.15, -0.1) is 0 Å². The summed E-state index contributed by atoms with van der Waals surface area (Å²) in [6.45, 7) is 8.44. The number of nitrogens with zero attached hydrogens (tertiary/aromatic N) is 1. The van der Waals surface area contributed by atoms with Crippen LogP contribution in [0.5, 0.6) is 0 Å². The molecule has 0 aliphatic carbocycles. The highest BCUT2D eigenvalue weighted by molar-refractivity contribution is 6.69. The van der Waals surface area contributed by atoms with E-state index in [-0.39, 0.29) is 0 Å². The van der Waals surface area contributed by atoms with Gasteiger partial charge in [-0.05, 0) is 68.2 Å². The fraction of sp³-hybridized carbons (Fsp3) is 0.188. The molecule has 5 aromatic carbocycles. The minimum absolute atomic E-state index is 0.418. The Bertz CT molecular complexity index is 1430. The molecule has 178 valence electrons. The summed E-state index contributed by atoms with van der Waals surface area (Å²) in [6, 6.07) is 38.4. The second-order valence-corrected chi connectivity index (χ2v) is 10.4. The smallest absolute Gasteiger partial charge is 0.399 e. The number of fused-ring (bicyclic) bond motifs is 2. The molecular formula is C32H30BNO2. The lowest BCUT2D eigenvalue weighted by Crippen LogP contribution is -2.41. The van der Waals surface area contributed by atoms with Crippen molar-refractivity contribution in [2.75, 3.05) is 4.90 Å².